The minimum atomic E-state index is -0.920. The van der Waals surface area contributed by atoms with Crippen molar-refractivity contribution >= 4 is 5.69 Å². The van der Waals surface area contributed by atoms with E-state index in [0.717, 1.165) is 38.5 Å². The summed E-state index contributed by atoms with van der Waals surface area (Å²) in [5, 5.41) is 34.0. The molecule has 6 atom stereocenters. The lowest BCUT2D eigenvalue weighted by Gasteiger charge is -2.58. The maximum atomic E-state index is 12.4. The van der Waals surface area contributed by atoms with Crippen LogP contribution in [0.2, 0.25) is 0 Å². The van der Waals surface area contributed by atoms with Crippen molar-refractivity contribution in [3.63, 3.8) is 0 Å². The predicted octanol–water partition coefficient (Wildman–Crippen LogP) is 5.72. The number of fused-ring (bicyclic) bond motifs is 4. The average molecular weight is 566 g/mol. The first-order valence-corrected chi connectivity index (χ1v) is 15.9. The van der Waals surface area contributed by atoms with Crippen molar-refractivity contribution in [1.29, 1.82) is 0 Å². The molecule has 3 N–H and O–H groups in total. The molecule has 0 radical (unpaired) electrons. The van der Waals surface area contributed by atoms with Crippen LogP contribution in [0, 0.1) is 22.7 Å². The van der Waals surface area contributed by atoms with Crippen molar-refractivity contribution in [2.24, 2.45) is 22.7 Å². The maximum Gasteiger partial charge on any atom is 0.171 e. The molecule has 1 spiro atoms. The molecule has 4 fully saturated rings. The topological polar surface area (TPSA) is 82.4 Å². The zero-order valence-electron chi connectivity index (χ0n) is 25.8. The smallest absolute Gasteiger partial charge is 0.171 e. The molecule has 1 heterocycles. The third kappa shape index (κ3) is 4.82. The Morgan fingerprint density at radius 3 is 2.34 bits per heavy atom. The van der Waals surface area contributed by atoms with Crippen LogP contribution in [0.15, 0.2) is 47.6 Å². The van der Waals surface area contributed by atoms with Gasteiger partial charge in [0.1, 0.15) is 0 Å². The molecule has 6 rings (SSSR count). The fourth-order valence-electron chi connectivity index (χ4n) is 9.22. The van der Waals surface area contributed by atoms with Crippen molar-refractivity contribution in [2.45, 2.75) is 101 Å². The highest BCUT2D eigenvalue weighted by atomic mass is 16.7. The van der Waals surface area contributed by atoms with Crippen molar-refractivity contribution in [2.75, 3.05) is 38.8 Å². The number of rotatable bonds is 5. The zero-order valence-corrected chi connectivity index (χ0v) is 25.8. The zero-order chi connectivity index (χ0) is 29.3. The van der Waals surface area contributed by atoms with Gasteiger partial charge in [-0.3, -0.25) is 0 Å². The van der Waals surface area contributed by atoms with Gasteiger partial charge in [0.05, 0.1) is 24.4 Å². The summed E-state index contributed by atoms with van der Waals surface area (Å²) in [5.41, 5.74) is 3.00. The highest BCUT2D eigenvalue weighted by Gasteiger charge is 2.64. The molecule has 1 aromatic carbocycles. The lowest BCUT2D eigenvalue weighted by molar-refractivity contribution is -0.322. The first-order chi connectivity index (χ1) is 19.3. The Balaban J connectivity index is 1.42. The molecule has 6 heteroatoms. The number of aliphatic hydroxyl groups excluding tert-OH is 1. The third-order valence-corrected chi connectivity index (χ3v) is 11.6. The van der Waals surface area contributed by atoms with Gasteiger partial charge in [-0.1, -0.05) is 50.6 Å². The minimum Gasteiger partial charge on any atom is -0.396 e. The summed E-state index contributed by atoms with van der Waals surface area (Å²) in [6.45, 7) is 8.05. The SMILES string of the molecule is CN(C)c1ccc([C@H]2C[C@@]3(C)[C@@H](CC[C@@]3(O)/C=C\CCO)[C@@H]3CC[C@@]4(O)CC5(CCC4=C32)OCC(C)(C)CO5)cc1. The van der Waals surface area contributed by atoms with E-state index in [2.05, 4.69) is 64.0 Å². The molecule has 0 aromatic heterocycles. The molecule has 1 aliphatic heterocycles. The second kappa shape index (κ2) is 10.2. The highest BCUT2D eigenvalue weighted by Crippen LogP contribution is 2.68. The van der Waals surface area contributed by atoms with Crippen molar-refractivity contribution in [3.05, 3.63) is 53.1 Å². The second-order valence-corrected chi connectivity index (χ2v) is 15.1. The number of aliphatic hydroxyl groups is 3. The van der Waals surface area contributed by atoms with E-state index in [1.165, 1.54) is 22.4 Å². The number of hydrogen-bond acceptors (Lipinski definition) is 6. The Morgan fingerprint density at radius 1 is 0.976 bits per heavy atom. The Bertz CT molecular complexity index is 1190. The van der Waals surface area contributed by atoms with Crippen molar-refractivity contribution in [3.8, 4) is 0 Å². The third-order valence-electron chi connectivity index (χ3n) is 11.6. The van der Waals surface area contributed by atoms with E-state index in [0.29, 0.717) is 44.3 Å². The van der Waals surface area contributed by atoms with E-state index >= 15 is 0 Å². The molecule has 41 heavy (non-hydrogen) atoms. The van der Waals surface area contributed by atoms with E-state index < -0.39 is 17.0 Å². The van der Waals surface area contributed by atoms with Crippen LogP contribution in [-0.4, -0.2) is 66.2 Å². The summed E-state index contributed by atoms with van der Waals surface area (Å²) in [6.07, 6.45) is 10.8. The Kier molecular flexibility index (Phi) is 7.30. The minimum absolute atomic E-state index is 0.00714. The molecule has 0 bridgehead atoms. The molecule has 3 saturated carbocycles. The van der Waals surface area contributed by atoms with Crippen LogP contribution in [0.5, 0.6) is 0 Å². The monoisotopic (exact) mass is 565 g/mol. The molecule has 0 unspecified atom stereocenters. The summed E-state index contributed by atoms with van der Waals surface area (Å²) in [6, 6.07) is 8.92. The molecular formula is C35H51NO5. The van der Waals surface area contributed by atoms with Crippen LogP contribution in [0.25, 0.3) is 0 Å². The van der Waals surface area contributed by atoms with E-state index in [9.17, 15) is 15.3 Å². The average Bonchev–Trinajstić information content (AvgIpc) is 3.20. The molecule has 4 aliphatic carbocycles. The summed E-state index contributed by atoms with van der Waals surface area (Å²) in [7, 11) is 4.13. The van der Waals surface area contributed by atoms with Gasteiger partial charge >= 0.3 is 0 Å². The van der Waals surface area contributed by atoms with E-state index in [1.807, 2.05) is 12.2 Å². The Labute approximate surface area is 246 Å². The standard InChI is InChI=1S/C35H51NO5/c1-31(2)22-40-35(41-23-31)18-14-29-30-26(12-16-33(29,38)21-35)28-13-17-34(39,15-6-7-19-37)32(28,3)20-27(30)24-8-10-25(11-9-24)36(4)5/h6,8-11,15,26-28,37-39H,7,12-14,16-23H2,1-5H3/b15-6-/t26-,27+,28-,32-,33+,34-/m0/s1. The second-order valence-electron chi connectivity index (χ2n) is 15.1. The maximum absolute atomic E-state index is 12.4. The van der Waals surface area contributed by atoms with E-state index in [-0.39, 0.29) is 23.4 Å². The summed E-state index contributed by atoms with van der Waals surface area (Å²) in [4.78, 5) is 2.12. The lowest BCUT2D eigenvalue weighted by Crippen LogP contribution is -2.58. The summed E-state index contributed by atoms with van der Waals surface area (Å²) < 4.78 is 12.8. The van der Waals surface area contributed by atoms with Crippen LogP contribution >= 0.6 is 0 Å². The fourth-order valence-corrected chi connectivity index (χ4v) is 9.22. The molecule has 1 aromatic rings. The number of benzene rings is 1. The van der Waals surface area contributed by atoms with Gasteiger partial charge in [-0.15, -0.1) is 0 Å². The fraction of sp³-hybridized carbons (Fsp3) is 0.714. The number of hydrogen-bond donors (Lipinski definition) is 3. The van der Waals surface area contributed by atoms with Gasteiger partial charge in [-0.05, 0) is 80.1 Å². The Morgan fingerprint density at radius 2 is 1.68 bits per heavy atom. The molecule has 5 aliphatic rings. The van der Waals surface area contributed by atoms with Gasteiger partial charge in [-0.2, -0.15) is 0 Å². The normalized spacial score (nSPS) is 39.5. The molecular weight excluding hydrogens is 514 g/mol. The van der Waals surface area contributed by atoms with Gasteiger partial charge in [0.15, 0.2) is 5.79 Å². The number of nitrogens with zero attached hydrogens (tertiary/aromatic N) is 1. The van der Waals surface area contributed by atoms with Crippen molar-refractivity contribution in [1.82, 2.24) is 0 Å². The lowest BCUT2D eigenvalue weighted by atomic mass is 9.49. The largest absolute Gasteiger partial charge is 0.396 e. The first kappa shape index (κ1) is 29.4. The Hall–Kier alpha value is -1.70. The van der Waals surface area contributed by atoms with Gasteiger partial charge in [0.2, 0.25) is 0 Å². The molecule has 226 valence electrons. The summed E-state index contributed by atoms with van der Waals surface area (Å²) in [5.74, 6) is 0.132. The highest BCUT2D eigenvalue weighted by molar-refractivity contribution is 5.50. The van der Waals surface area contributed by atoms with E-state index in [4.69, 9.17) is 9.47 Å². The van der Waals surface area contributed by atoms with E-state index in [1.54, 1.807) is 0 Å². The summed E-state index contributed by atoms with van der Waals surface area (Å²) >= 11 is 0. The van der Waals surface area contributed by atoms with Crippen molar-refractivity contribution < 1.29 is 24.8 Å². The van der Waals surface area contributed by atoms with Gasteiger partial charge in [-0.25, -0.2) is 0 Å². The molecule has 6 nitrogen and oxygen atoms in total. The number of allylic oxidation sites excluding steroid dienone is 1. The first-order valence-electron chi connectivity index (χ1n) is 15.9. The van der Waals surface area contributed by atoms with Gasteiger partial charge in [0.25, 0.3) is 0 Å². The number of anilines is 1. The van der Waals surface area contributed by atoms with Gasteiger partial charge < -0.3 is 29.7 Å². The number of ether oxygens (including phenoxy) is 2. The predicted molar refractivity (Wildman–Crippen MR) is 162 cm³/mol. The van der Waals surface area contributed by atoms with Crippen LogP contribution in [-0.2, 0) is 9.47 Å². The molecule has 0 amide bonds. The van der Waals surface area contributed by atoms with Crippen LogP contribution < -0.4 is 4.90 Å². The molecule has 1 saturated heterocycles. The van der Waals surface area contributed by atoms with Crippen LogP contribution in [0.4, 0.5) is 5.69 Å². The van der Waals surface area contributed by atoms with Crippen LogP contribution in [0.1, 0.15) is 90.0 Å². The quantitative estimate of drug-likeness (QED) is 0.397. The van der Waals surface area contributed by atoms with Gasteiger partial charge in [0, 0.05) is 56.0 Å². The van der Waals surface area contributed by atoms with Crippen LogP contribution in [0.3, 0.4) is 0 Å².